The first-order valence-corrected chi connectivity index (χ1v) is 11.0. The van der Waals surface area contributed by atoms with E-state index in [2.05, 4.69) is 24.1 Å². The lowest BCUT2D eigenvalue weighted by molar-refractivity contribution is -0.145. The van der Waals surface area contributed by atoms with Crippen LogP contribution >= 0.6 is 0 Å². The highest BCUT2D eigenvalue weighted by atomic mass is 16.5. The molecule has 1 aromatic heterocycles. The molecule has 3 heteroatoms. The molecule has 0 unspecified atom stereocenters. The number of esters is 1. The molecule has 0 amide bonds. The van der Waals surface area contributed by atoms with E-state index in [1.807, 2.05) is 12.1 Å². The fraction of sp³-hybridized carbons (Fsp3) is 0.667. The quantitative estimate of drug-likeness (QED) is 0.165. The lowest BCUT2D eigenvalue weighted by Crippen LogP contribution is -2.04. The Kier molecular flexibility index (Phi) is 15.4. The van der Waals surface area contributed by atoms with Crippen LogP contribution in [0.25, 0.3) is 0 Å². The molecule has 152 valence electrons. The largest absolute Gasteiger partial charge is 0.461 e. The number of hydrogen-bond donors (Lipinski definition) is 0. The normalized spacial score (nSPS) is 11.1. The monoisotopic (exact) mass is 373 g/mol. The molecule has 0 aromatic carbocycles. The van der Waals surface area contributed by atoms with Gasteiger partial charge in [-0.2, -0.15) is 0 Å². The van der Waals surface area contributed by atoms with Gasteiger partial charge in [-0.05, 0) is 38.2 Å². The molecule has 1 aromatic rings. The molecule has 27 heavy (non-hydrogen) atoms. The maximum Gasteiger partial charge on any atom is 0.306 e. The summed E-state index contributed by atoms with van der Waals surface area (Å²) < 4.78 is 5.26. The Morgan fingerprint density at radius 3 is 2.19 bits per heavy atom. The van der Waals surface area contributed by atoms with E-state index in [9.17, 15) is 4.79 Å². The van der Waals surface area contributed by atoms with E-state index in [-0.39, 0.29) is 5.97 Å². The summed E-state index contributed by atoms with van der Waals surface area (Å²) in [5, 5.41) is 0. The smallest absolute Gasteiger partial charge is 0.306 e. The highest BCUT2D eigenvalue weighted by Crippen LogP contribution is 2.11. The van der Waals surface area contributed by atoms with Crippen molar-refractivity contribution < 1.29 is 9.53 Å². The SMILES string of the molecule is CCCCCCC/C=C\CCCCCCCCC(=O)OCc1cccnc1. The van der Waals surface area contributed by atoms with Gasteiger partial charge in [0.1, 0.15) is 6.61 Å². The zero-order valence-electron chi connectivity index (χ0n) is 17.3. The van der Waals surface area contributed by atoms with Gasteiger partial charge in [0.15, 0.2) is 0 Å². The predicted molar refractivity (Wildman–Crippen MR) is 113 cm³/mol. The summed E-state index contributed by atoms with van der Waals surface area (Å²) in [6.07, 6.45) is 25.1. The van der Waals surface area contributed by atoms with Crippen molar-refractivity contribution in [2.24, 2.45) is 0 Å². The second-order valence-corrected chi connectivity index (χ2v) is 7.36. The molecular weight excluding hydrogens is 334 g/mol. The van der Waals surface area contributed by atoms with Crippen LogP contribution in [0.4, 0.5) is 0 Å². The first-order valence-electron chi connectivity index (χ1n) is 11.0. The number of carbonyl (C=O) groups excluding carboxylic acids is 1. The standard InChI is InChI=1S/C24H39NO2/c1-2-3-4-5-6-7-8-9-10-11-12-13-14-15-16-19-24(26)27-22-23-18-17-20-25-21-23/h8-9,17-18,20-21H,2-7,10-16,19,22H2,1H3/b9-8-. The molecule has 0 N–H and O–H groups in total. The molecule has 0 bridgehead atoms. The number of carbonyl (C=O) groups is 1. The van der Waals surface area contributed by atoms with Crippen molar-refractivity contribution in [1.29, 1.82) is 0 Å². The molecule has 0 aliphatic carbocycles. The average Bonchev–Trinajstić information content (AvgIpc) is 2.70. The van der Waals surface area contributed by atoms with E-state index in [1.54, 1.807) is 12.4 Å². The zero-order valence-corrected chi connectivity index (χ0v) is 17.3. The predicted octanol–water partition coefficient (Wildman–Crippen LogP) is 7.16. The Balaban J connectivity index is 1.81. The van der Waals surface area contributed by atoms with Crippen LogP contribution in [0.5, 0.6) is 0 Å². The number of allylic oxidation sites excluding steroid dienone is 2. The van der Waals surface area contributed by atoms with Crippen LogP contribution in [0.2, 0.25) is 0 Å². The number of aromatic nitrogens is 1. The molecule has 0 fully saturated rings. The Bertz CT molecular complexity index is 484. The van der Waals surface area contributed by atoms with Crippen molar-refractivity contribution in [2.75, 3.05) is 0 Å². The van der Waals surface area contributed by atoms with Crippen LogP contribution in [0, 0.1) is 0 Å². The third-order valence-electron chi connectivity index (χ3n) is 4.77. The minimum atomic E-state index is -0.0984. The zero-order chi connectivity index (χ0) is 19.4. The molecule has 3 nitrogen and oxygen atoms in total. The third kappa shape index (κ3) is 15.1. The first-order chi connectivity index (χ1) is 13.3. The van der Waals surface area contributed by atoms with Crippen LogP contribution < -0.4 is 0 Å². The highest BCUT2D eigenvalue weighted by molar-refractivity contribution is 5.69. The summed E-state index contributed by atoms with van der Waals surface area (Å²) in [6.45, 7) is 2.60. The maximum absolute atomic E-state index is 11.7. The van der Waals surface area contributed by atoms with Gasteiger partial charge in [0.25, 0.3) is 0 Å². The van der Waals surface area contributed by atoms with Gasteiger partial charge in [-0.3, -0.25) is 9.78 Å². The van der Waals surface area contributed by atoms with E-state index in [0.29, 0.717) is 13.0 Å². The molecule has 1 rings (SSSR count). The number of ether oxygens (including phenoxy) is 1. The van der Waals surface area contributed by atoms with Gasteiger partial charge in [0.2, 0.25) is 0 Å². The molecule has 0 atom stereocenters. The van der Waals surface area contributed by atoms with Crippen LogP contribution in [0.15, 0.2) is 36.7 Å². The van der Waals surface area contributed by atoms with Crippen molar-refractivity contribution in [2.45, 2.75) is 103 Å². The number of rotatable bonds is 17. The molecule has 0 aliphatic rings. The summed E-state index contributed by atoms with van der Waals surface area (Å²) >= 11 is 0. The van der Waals surface area contributed by atoms with Crippen molar-refractivity contribution >= 4 is 5.97 Å². The lowest BCUT2D eigenvalue weighted by atomic mass is 10.1. The Hall–Kier alpha value is -1.64. The molecule has 0 radical (unpaired) electrons. The van der Waals surface area contributed by atoms with Crippen molar-refractivity contribution in [1.82, 2.24) is 4.98 Å². The van der Waals surface area contributed by atoms with E-state index >= 15 is 0 Å². The van der Waals surface area contributed by atoms with Gasteiger partial charge in [-0.25, -0.2) is 0 Å². The van der Waals surface area contributed by atoms with E-state index < -0.39 is 0 Å². The van der Waals surface area contributed by atoms with Gasteiger partial charge >= 0.3 is 5.97 Å². The summed E-state index contributed by atoms with van der Waals surface area (Å²) in [5.41, 5.74) is 0.941. The summed E-state index contributed by atoms with van der Waals surface area (Å²) in [6, 6.07) is 3.77. The second-order valence-electron chi connectivity index (χ2n) is 7.36. The molecule has 0 aliphatic heterocycles. The number of hydrogen-bond acceptors (Lipinski definition) is 3. The van der Waals surface area contributed by atoms with Crippen molar-refractivity contribution in [3.05, 3.63) is 42.2 Å². The Labute approximate surface area is 166 Å². The fourth-order valence-corrected chi connectivity index (χ4v) is 3.06. The van der Waals surface area contributed by atoms with Crippen LogP contribution in [0.1, 0.15) is 102 Å². The molecule has 0 saturated carbocycles. The minimum Gasteiger partial charge on any atom is -0.461 e. The summed E-state index contributed by atoms with van der Waals surface area (Å²) in [4.78, 5) is 15.7. The third-order valence-corrected chi connectivity index (χ3v) is 4.77. The fourth-order valence-electron chi connectivity index (χ4n) is 3.06. The molecule has 1 heterocycles. The van der Waals surface area contributed by atoms with Crippen LogP contribution in [-0.2, 0) is 16.1 Å². The van der Waals surface area contributed by atoms with Gasteiger partial charge < -0.3 is 4.74 Å². The van der Waals surface area contributed by atoms with Crippen LogP contribution in [0.3, 0.4) is 0 Å². The van der Waals surface area contributed by atoms with Crippen LogP contribution in [-0.4, -0.2) is 11.0 Å². The van der Waals surface area contributed by atoms with E-state index in [4.69, 9.17) is 4.74 Å². The number of pyridine rings is 1. The number of nitrogens with zero attached hydrogens (tertiary/aromatic N) is 1. The van der Waals surface area contributed by atoms with E-state index in [0.717, 1.165) is 18.4 Å². The van der Waals surface area contributed by atoms with Gasteiger partial charge in [0, 0.05) is 24.4 Å². The number of unbranched alkanes of at least 4 members (excludes halogenated alkanes) is 11. The van der Waals surface area contributed by atoms with E-state index in [1.165, 1.54) is 70.6 Å². The van der Waals surface area contributed by atoms with Gasteiger partial charge in [-0.1, -0.05) is 76.5 Å². The van der Waals surface area contributed by atoms with Gasteiger partial charge in [0.05, 0.1) is 0 Å². The van der Waals surface area contributed by atoms with Crippen molar-refractivity contribution in [3.8, 4) is 0 Å². The second kappa shape index (κ2) is 17.8. The highest BCUT2D eigenvalue weighted by Gasteiger charge is 2.03. The lowest BCUT2D eigenvalue weighted by Gasteiger charge is -2.04. The van der Waals surface area contributed by atoms with Gasteiger partial charge in [-0.15, -0.1) is 0 Å². The Morgan fingerprint density at radius 2 is 1.56 bits per heavy atom. The van der Waals surface area contributed by atoms with Crippen molar-refractivity contribution in [3.63, 3.8) is 0 Å². The maximum atomic E-state index is 11.7. The minimum absolute atomic E-state index is 0.0984. The molecule has 0 saturated heterocycles. The summed E-state index contributed by atoms with van der Waals surface area (Å²) in [5.74, 6) is -0.0984. The average molecular weight is 374 g/mol. The first kappa shape index (κ1) is 23.4. The molecular formula is C24H39NO2. The topological polar surface area (TPSA) is 39.2 Å². The Morgan fingerprint density at radius 1 is 0.926 bits per heavy atom. The summed E-state index contributed by atoms with van der Waals surface area (Å²) in [7, 11) is 0. The molecule has 0 spiro atoms.